The van der Waals surface area contributed by atoms with Crippen LogP contribution in [0.4, 0.5) is 5.82 Å². The number of aromatic nitrogens is 3. The van der Waals surface area contributed by atoms with E-state index < -0.39 is 6.10 Å². The van der Waals surface area contributed by atoms with Gasteiger partial charge in [-0.05, 0) is 38.3 Å². The normalized spacial score (nSPS) is 17.1. The van der Waals surface area contributed by atoms with Gasteiger partial charge in [0.1, 0.15) is 12.1 Å². The van der Waals surface area contributed by atoms with Crippen LogP contribution in [-0.4, -0.2) is 45.4 Å². The zero-order valence-electron chi connectivity index (χ0n) is 14.5. The van der Waals surface area contributed by atoms with Crippen molar-refractivity contribution >= 4 is 16.9 Å². The molecule has 0 amide bonds. The molecule has 1 saturated carbocycles. The second kappa shape index (κ2) is 7.85. The van der Waals surface area contributed by atoms with Crippen LogP contribution in [-0.2, 0) is 4.74 Å². The van der Waals surface area contributed by atoms with E-state index in [1.54, 1.807) is 0 Å². The first-order valence-corrected chi connectivity index (χ1v) is 8.76. The van der Waals surface area contributed by atoms with Gasteiger partial charge in [0, 0.05) is 12.2 Å². The third-order valence-electron chi connectivity index (χ3n) is 4.51. The Hall–Kier alpha value is -1.79. The minimum atomic E-state index is -0.560. The molecule has 2 aromatic rings. The third kappa shape index (κ3) is 4.19. The highest BCUT2D eigenvalue weighted by Gasteiger charge is 2.16. The molecule has 1 atom stereocenters. The van der Waals surface area contributed by atoms with Gasteiger partial charge < -0.3 is 15.2 Å². The van der Waals surface area contributed by atoms with Crippen molar-refractivity contribution in [3.8, 4) is 0 Å². The van der Waals surface area contributed by atoms with Crippen molar-refractivity contribution in [2.75, 3.05) is 18.5 Å². The van der Waals surface area contributed by atoms with Gasteiger partial charge in [0.25, 0.3) is 0 Å². The molecular formula is C18H26N4O2. The number of aliphatic hydroxyl groups is 1. The van der Waals surface area contributed by atoms with Crippen molar-refractivity contribution < 1.29 is 9.84 Å². The predicted molar refractivity (Wildman–Crippen MR) is 94.1 cm³/mol. The van der Waals surface area contributed by atoms with Crippen molar-refractivity contribution in [2.45, 2.75) is 58.2 Å². The summed E-state index contributed by atoms with van der Waals surface area (Å²) in [6.07, 6.45) is 7.24. The van der Waals surface area contributed by atoms with Crippen LogP contribution in [0.3, 0.4) is 0 Å². The van der Waals surface area contributed by atoms with E-state index in [9.17, 15) is 5.11 Å². The Labute approximate surface area is 142 Å². The second-order valence-corrected chi connectivity index (χ2v) is 6.63. The average molecular weight is 330 g/mol. The number of rotatable bonds is 6. The molecule has 2 aromatic heterocycles. The summed E-state index contributed by atoms with van der Waals surface area (Å²) in [5.74, 6) is 0.710. The van der Waals surface area contributed by atoms with Crippen LogP contribution in [0.5, 0.6) is 0 Å². The van der Waals surface area contributed by atoms with Gasteiger partial charge in [0.05, 0.1) is 24.2 Å². The number of nitrogens with one attached hydrogen (secondary N) is 1. The molecule has 1 aliphatic carbocycles. The number of hydrogen-bond acceptors (Lipinski definition) is 6. The topological polar surface area (TPSA) is 80.2 Å². The van der Waals surface area contributed by atoms with Gasteiger partial charge >= 0.3 is 0 Å². The minimum absolute atomic E-state index is 0.308. The maximum Gasteiger partial charge on any atom is 0.165 e. The number of aliphatic hydroxyl groups excluding tert-OH is 1. The van der Waals surface area contributed by atoms with Crippen LogP contribution in [0, 0.1) is 13.8 Å². The van der Waals surface area contributed by atoms with Crippen LogP contribution in [0.1, 0.15) is 43.4 Å². The SMILES string of the molecule is Cc1cc(C)c2c(NC[C@H](O)COC3CCCCC3)ncnc2n1. The largest absolute Gasteiger partial charge is 0.389 e. The molecule has 1 fully saturated rings. The first-order chi connectivity index (χ1) is 11.6. The van der Waals surface area contributed by atoms with Gasteiger partial charge in [-0.25, -0.2) is 15.0 Å². The zero-order chi connectivity index (χ0) is 16.9. The molecule has 0 saturated heterocycles. The lowest BCUT2D eigenvalue weighted by atomic mass is 9.98. The molecule has 0 spiro atoms. The number of nitrogens with zero attached hydrogens (tertiary/aromatic N) is 3. The first kappa shape index (κ1) is 17.0. The quantitative estimate of drug-likeness (QED) is 0.848. The lowest BCUT2D eigenvalue weighted by Crippen LogP contribution is -2.29. The van der Waals surface area contributed by atoms with Crippen molar-refractivity contribution in [2.24, 2.45) is 0 Å². The van der Waals surface area contributed by atoms with Gasteiger partial charge in [0.15, 0.2) is 5.65 Å². The summed E-state index contributed by atoms with van der Waals surface area (Å²) in [4.78, 5) is 13.0. The van der Waals surface area contributed by atoms with E-state index in [-0.39, 0.29) is 0 Å². The Morgan fingerprint density at radius 3 is 2.83 bits per heavy atom. The summed E-state index contributed by atoms with van der Waals surface area (Å²) < 4.78 is 5.82. The summed E-state index contributed by atoms with van der Waals surface area (Å²) in [5, 5.41) is 14.3. The van der Waals surface area contributed by atoms with Crippen molar-refractivity contribution in [3.63, 3.8) is 0 Å². The minimum Gasteiger partial charge on any atom is -0.389 e. The molecule has 2 N–H and O–H groups in total. The predicted octanol–water partition coefficient (Wildman–Crippen LogP) is 2.76. The molecule has 0 unspecified atom stereocenters. The van der Waals surface area contributed by atoms with Crippen LogP contribution < -0.4 is 5.32 Å². The van der Waals surface area contributed by atoms with Crippen molar-refractivity contribution in [3.05, 3.63) is 23.7 Å². The molecule has 0 aromatic carbocycles. The number of pyridine rings is 1. The number of aryl methyl sites for hydroxylation is 2. The summed E-state index contributed by atoms with van der Waals surface area (Å²) in [6, 6.07) is 2.01. The number of fused-ring (bicyclic) bond motifs is 1. The maximum atomic E-state index is 10.2. The average Bonchev–Trinajstić information content (AvgIpc) is 2.58. The smallest absolute Gasteiger partial charge is 0.165 e. The highest BCUT2D eigenvalue weighted by atomic mass is 16.5. The van der Waals surface area contributed by atoms with Crippen LogP contribution >= 0.6 is 0 Å². The van der Waals surface area contributed by atoms with Gasteiger partial charge in [0.2, 0.25) is 0 Å². The van der Waals surface area contributed by atoms with E-state index in [2.05, 4.69) is 20.3 Å². The highest BCUT2D eigenvalue weighted by molar-refractivity contribution is 5.89. The molecular weight excluding hydrogens is 304 g/mol. The second-order valence-electron chi connectivity index (χ2n) is 6.63. The molecule has 24 heavy (non-hydrogen) atoms. The Morgan fingerprint density at radius 1 is 1.25 bits per heavy atom. The van der Waals surface area contributed by atoms with E-state index in [1.165, 1.54) is 25.6 Å². The van der Waals surface area contributed by atoms with E-state index in [1.807, 2.05) is 19.9 Å². The van der Waals surface area contributed by atoms with Crippen molar-refractivity contribution in [1.82, 2.24) is 15.0 Å². The molecule has 6 heteroatoms. The summed E-state index contributed by atoms with van der Waals surface area (Å²) in [6.45, 7) is 4.73. The van der Waals surface area contributed by atoms with E-state index in [0.29, 0.717) is 30.7 Å². The number of hydrogen-bond donors (Lipinski definition) is 2. The Bertz CT molecular complexity index is 686. The fourth-order valence-electron chi connectivity index (χ4n) is 3.30. The molecule has 130 valence electrons. The monoisotopic (exact) mass is 330 g/mol. The Balaban J connectivity index is 1.59. The number of anilines is 1. The molecule has 6 nitrogen and oxygen atoms in total. The molecule has 3 rings (SSSR count). The summed E-state index contributed by atoms with van der Waals surface area (Å²) in [7, 11) is 0. The van der Waals surface area contributed by atoms with Gasteiger partial charge in [-0.15, -0.1) is 0 Å². The Kier molecular flexibility index (Phi) is 5.58. The number of ether oxygens (including phenoxy) is 1. The van der Waals surface area contributed by atoms with Crippen molar-refractivity contribution in [1.29, 1.82) is 0 Å². The maximum absolute atomic E-state index is 10.2. The van der Waals surface area contributed by atoms with E-state index in [4.69, 9.17) is 4.74 Å². The zero-order valence-corrected chi connectivity index (χ0v) is 14.5. The standard InChI is InChI=1S/C18H26N4O2/c1-12-8-13(2)22-18-16(12)17(20-11-21-18)19-9-14(23)10-24-15-6-4-3-5-7-15/h8,11,14-15,23H,3-7,9-10H2,1-2H3,(H,19,20,21,22)/t14-/m0/s1. The molecule has 1 aliphatic rings. The van der Waals surface area contributed by atoms with Crippen LogP contribution in [0.2, 0.25) is 0 Å². The first-order valence-electron chi connectivity index (χ1n) is 8.76. The molecule has 0 radical (unpaired) electrons. The van der Waals surface area contributed by atoms with Gasteiger partial charge in [-0.1, -0.05) is 19.3 Å². The lowest BCUT2D eigenvalue weighted by molar-refractivity contribution is -0.0195. The van der Waals surface area contributed by atoms with Gasteiger partial charge in [-0.3, -0.25) is 0 Å². The van der Waals surface area contributed by atoms with E-state index in [0.717, 1.165) is 29.5 Å². The molecule has 0 bridgehead atoms. The highest BCUT2D eigenvalue weighted by Crippen LogP contribution is 2.23. The molecule has 0 aliphatic heterocycles. The summed E-state index contributed by atoms with van der Waals surface area (Å²) in [5.41, 5.74) is 2.69. The molecule has 2 heterocycles. The Morgan fingerprint density at radius 2 is 2.04 bits per heavy atom. The fraction of sp³-hybridized carbons (Fsp3) is 0.611. The fourth-order valence-corrected chi connectivity index (χ4v) is 3.30. The van der Waals surface area contributed by atoms with Gasteiger partial charge in [-0.2, -0.15) is 0 Å². The van der Waals surface area contributed by atoms with E-state index >= 15 is 0 Å². The van der Waals surface area contributed by atoms with Crippen LogP contribution in [0.15, 0.2) is 12.4 Å². The lowest BCUT2D eigenvalue weighted by Gasteiger charge is -2.23. The summed E-state index contributed by atoms with van der Waals surface area (Å²) >= 11 is 0. The van der Waals surface area contributed by atoms with Crippen LogP contribution in [0.25, 0.3) is 11.0 Å². The third-order valence-corrected chi connectivity index (χ3v) is 4.51.